The fourth-order valence-electron chi connectivity index (χ4n) is 2.26. The molecule has 2 heteroatoms. The number of allylic oxidation sites excluding steroid dienone is 1. The van der Waals surface area contributed by atoms with E-state index >= 15 is 0 Å². The maximum atomic E-state index is 10.1. The predicted octanol–water partition coefficient (Wildman–Crippen LogP) is 5.06. The average Bonchev–Trinajstić information content (AvgIpc) is 2.40. The molecule has 1 nitrogen and oxygen atoms in total. The molecule has 98 valence electrons. The Hall–Kier alpha value is -1.73. The number of rotatable bonds is 4. The normalized spacial score (nSPS) is 12.1. The molecule has 1 N–H and O–H groups in total. The molecule has 0 saturated carbocycles. The minimum Gasteiger partial charge on any atom is -0.508 e. The first-order valence-corrected chi connectivity index (χ1v) is 6.65. The molecule has 1 atom stereocenters. The van der Waals surface area contributed by atoms with Crippen LogP contribution in [0.3, 0.4) is 0 Å². The van der Waals surface area contributed by atoms with Gasteiger partial charge in [0.2, 0.25) is 0 Å². The molecule has 0 heterocycles. The topological polar surface area (TPSA) is 20.2 Å². The largest absolute Gasteiger partial charge is 0.508 e. The van der Waals surface area contributed by atoms with Crippen molar-refractivity contribution in [1.82, 2.24) is 0 Å². The molecule has 0 fully saturated rings. The summed E-state index contributed by atoms with van der Waals surface area (Å²) >= 11 is 5.93. The quantitative estimate of drug-likeness (QED) is 0.771. The van der Waals surface area contributed by atoms with Crippen LogP contribution in [0.15, 0.2) is 55.1 Å². The summed E-state index contributed by atoms with van der Waals surface area (Å²) in [6.07, 6.45) is 2.65. The molecule has 0 radical (unpaired) electrons. The van der Waals surface area contributed by atoms with E-state index in [-0.39, 0.29) is 5.92 Å². The van der Waals surface area contributed by atoms with Gasteiger partial charge in [0.05, 0.1) is 0 Å². The molecule has 0 aliphatic heterocycles. The minimum absolute atomic E-state index is 0.106. The Balaban J connectivity index is 2.47. The molecule has 0 spiro atoms. The van der Waals surface area contributed by atoms with Gasteiger partial charge in [0.25, 0.3) is 0 Å². The number of halogens is 1. The molecule has 0 aliphatic carbocycles. The van der Waals surface area contributed by atoms with Gasteiger partial charge in [-0.1, -0.05) is 47.5 Å². The third kappa shape index (κ3) is 3.18. The van der Waals surface area contributed by atoms with Crippen molar-refractivity contribution in [3.63, 3.8) is 0 Å². The second kappa shape index (κ2) is 5.94. The van der Waals surface area contributed by atoms with Crippen LogP contribution in [0.4, 0.5) is 0 Å². The number of aryl methyl sites for hydroxylation is 1. The van der Waals surface area contributed by atoms with Crippen LogP contribution in [0, 0.1) is 6.92 Å². The first-order valence-electron chi connectivity index (χ1n) is 6.27. The lowest BCUT2D eigenvalue weighted by atomic mass is 9.87. The zero-order chi connectivity index (χ0) is 13.8. The molecule has 19 heavy (non-hydrogen) atoms. The van der Waals surface area contributed by atoms with Crippen LogP contribution in [0.2, 0.25) is 5.02 Å². The lowest BCUT2D eigenvalue weighted by Gasteiger charge is -2.18. The fourth-order valence-corrected chi connectivity index (χ4v) is 2.38. The van der Waals surface area contributed by atoms with Gasteiger partial charge in [-0.15, -0.1) is 6.58 Å². The van der Waals surface area contributed by atoms with Gasteiger partial charge in [-0.05, 0) is 37.1 Å². The van der Waals surface area contributed by atoms with Crippen molar-refractivity contribution in [2.24, 2.45) is 0 Å². The van der Waals surface area contributed by atoms with Crippen molar-refractivity contribution in [1.29, 1.82) is 0 Å². The number of hydrogen-bond donors (Lipinski definition) is 1. The summed E-state index contributed by atoms with van der Waals surface area (Å²) in [7, 11) is 0. The summed E-state index contributed by atoms with van der Waals surface area (Å²) < 4.78 is 0. The van der Waals surface area contributed by atoms with E-state index in [0.717, 1.165) is 28.1 Å². The van der Waals surface area contributed by atoms with Gasteiger partial charge in [-0.25, -0.2) is 0 Å². The molecule has 2 rings (SSSR count). The third-order valence-electron chi connectivity index (χ3n) is 3.23. The smallest absolute Gasteiger partial charge is 0.119 e. The second-order valence-corrected chi connectivity index (χ2v) is 5.13. The highest BCUT2D eigenvalue weighted by atomic mass is 35.5. The molecule has 2 aromatic rings. The van der Waals surface area contributed by atoms with Gasteiger partial charge in [0.15, 0.2) is 0 Å². The molecule has 0 saturated heterocycles. The molecule has 0 amide bonds. The maximum absolute atomic E-state index is 10.1. The molecule has 0 aromatic heterocycles. The Morgan fingerprint density at radius 3 is 2.53 bits per heavy atom. The molecular formula is C17H17ClO. The minimum atomic E-state index is 0.106. The van der Waals surface area contributed by atoms with Crippen molar-refractivity contribution in [3.05, 3.63) is 76.8 Å². The Bertz CT molecular complexity index is 572. The number of hydrogen-bond acceptors (Lipinski definition) is 1. The van der Waals surface area contributed by atoms with Crippen molar-refractivity contribution < 1.29 is 5.11 Å². The van der Waals surface area contributed by atoms with E-state index in [4.69, 9.17) is 11.6 Å². The van der Waals surface area contributed by atoms with Crippen LogP contribution in [0.25, 0.3) is 0 Å². The average molecular weight is 273 g/mol. The monoisotopic (exact) mass is 272 g/mol. The van der Waals surface area contributed by atoms with E-state index in [1.165, 1.54) is 0 Å². The van der Waals surface area contributed by atoms with E-state index < -0.39 is 0 Å². The third-order valence-corrected chi connectivity index (χ3v) is 3.49. The van der Waals surface area contributed by atoms with Crippen LogP contribution >= 0.6 is 11.6 Å². The van der Waals surface area contributed by atoms with Crippen LogP contribution in [-0.4, -0.2) is 5.11 Å². The van der Waals surface area contributed by atoms with Gasteiger partial charge >= 0.3 is 0 Å². The molecule has 0 aliphatic rings. The Morgan fingerprint density at radius 1 is 1.21 bits per heavy atom. The van der Waals surface area contributed by atoms with Crippen LogP contribution in [-0.2, 0) is 0 Å². The number of phenolic OH excluding ortho intramolecular Hbond substituents is 1. The van der Waals surface area contributed by atoms with E-state index in [0.29, 0.717) is 5.75 Å². The molecule has 0 bridgehead atoms. The van der Waals surface area contributed by atoms with Gasteiger partial charge in [-0.2, -0.15) is 0 Å². The number of phenols is 1. The fraction of sp³-hybridized carbons (Fsp3) is 0.176. The zero-order valence-electron chi connectivity index (χ0n) is 10.9. The van der Waals surface area contributed by atoms with E-state index in [1.54, 1.807) is 6.07 Å². The zero-order valence-corrected chi connectivity index (χ0v) is 11.7. The lowest BCUT2D eigenvalue weighted by Crippen LogP contribution is -2.01. The first-order chi connectivity index (χ1) is 9.11. The summed E-state index contributed by atoms with van der Waals surface area (Å²) in [5, 5.41) is 10.8. The Kier molecular flexibility index (Phi) is 4.28. The van der Waals surface area contributed by atoms with E-state index in [1.807, 2.05) is 49.4 Å². The van der Waals surface area contributed by atoms with Crippen molar-refractivity contribution in [3.8, 4) is 5.75 Å². The summed E-state index contributed by atoms with van der Waals surface area (Å²) in [5.41, 5.74) is 3.20. The second-order valence-electron chi connectivity index (χ2n) is 4.69. The van der Waals surface area contributed by atoms with Crippen molar-refractivity contribution in [2.45, 2.75) is 19.3 Å². The lowest BCUT2D eigenvalue weighted by molar-refractivity contribution is 0.464. The van der Waals surface area contributed by atoms with E-state index in [2.05, 4.69) is 6.58 Å². The van der Waals surface area contributed by atoms with Gasteiger partial charge in [0.1, 0.15) is 5.75 Å². The highest BCUT2D eigenvalue weighted by Crippen LogP contribution is 2.35. The first kappa shape index (κ1) is 13.7. The Labute approximate surface area is 119 Å². The molecular weight excluding hydrogens is 256 g/mol. The van der Waals surface area contributed by atoms with Crippen molar-refractivity contribution in [2.75, 3.05) is 0 Å². The standard InChI is InChI=1S/C17H17ClO/c1-3-4-15(13-6-8-14(18)9-7-13)16-11-12(2)5-10-17(16)19/h3,5-11,15,19H,1,4H2,2H3. The van der Waals surface area contributed by atoms with Gasteiger partial charge in [-0.3, -0.25) is 0 Å². The van der Waals surface area contributed by atoms with Crippen LogP contribution in [0.1, 0.15) is 29.0 Å². The summed E-state index contributed by atoms with van der Waals surface area (Å²) in [4.78, 5) is 0. The predicted molar refractivity (Wildman–Crippen MR) is 81.0 cm³/mol. The number of benzene rings is 2. The summed E-state index contributed by atoms with van der Waals surface area (Å²) in [6, 6.07) is 13.4. The molecule has 2 aromatic carbocycles. The van der Waals surface area contributed by atoms with E-state index in [9.17, 15) is 5.11 Å². The summed E-state index contributed by atoms with van der Waals surface area (Å²) in [6.45, 7) is 5.84. The van der Waals surface area contributed by atoms with Gasteiger partial charge in [0, 0.05) is 16.5 Å². The van der Waals surface area contributed by atoms with Gasteiger partial charge < -0.3 is 5.11 Å². The SMILES string of the molecule is C=CCC(c1ccc(Cl)cc1)c1cc(C)ccc1O. The van der Waals surface area contributed by atoms with Crippen LogP contribution in [0.5, 0.6) is 5.75 Å². The summed E-state index contributed by atoms with van der Waals surface area (Å²) in [5.74, 6) is 0.432. The highest BCUT2D eigenvalue weighted by molar-refractivity contribution is 6.30. The highest BCUT2D eigenvalue weighted by Gasteiger charge is 2.16. The Morgan fingerprint density at radius 2 is 1.89 bits per heavy atom. The number of aromatic hydroxyl groups is 1. The maximum Gasteiger partial charge on any atom is 0.119 e. The van der Waals surface area contributed by atoms with Crippen molar-refractivity contribution >= 4 is 11.6 Å². The van der Waals surface area contributed by atoms with Crippen LogP contribution < -0.4 is 0 Å². The molecule has 1 unspecified atom stereocenters.